The van der Waals surface area contributed by atoms with Crippen LogP contribution in [0.3, 0.4) is 0 Å². The first-order chi connectivity index (χ1) is 8.33. The van der Waals surface area contributed by atoms with E-state index in [1.54, 1.807) is 0 Å². The van der Waals surface area contributed by atoms with Crippen molar-refractivity contribution in [3.63, 3.8) is 0 Å². The molecule has 0 saturated carbocycles. The van der Waals surface area contributed by atoms with Gasteiger partial charge in [-0.3, -0.25) is 0 Å². The highest BCUT2D eigenvalue weighted by atomic mass is 15.1. The van der Waals surface area contributed by atoms with E-state index in [-0.39, 0.29) is 5.54 Å². The van der Waals surface area contributed by atoms with Gasteiger partial charge < -0.3 is 10.2 Å². The molecule has 1 aromatic rings. The number of aryl methyl sites for hydroxylation is 1. The molecule has 1 rings (SSSR count). The van der Waals surface area contributed by atoms with Gasteiger partial charge in [0.1, 0.15) is 0 Å². The Hall–Kier alpha value is -1.02. The third-order valence-electron chi connectivity index (χ3n) is 3.01. The average molecular weight is 248 g/mol. The predicted molar refractivity (Wildman–Crippen MR) is 81.3 cm³/mol. The van der Waals surface area contributed by atoms with Gasteiger partial charge in [-0.15, -0.1) is 0 Å². The molecule has 102 valence electrons. The molecule has 0 spiro atoms. The highest BCUT2D eigenvalue weighted by Crippen LogP contribution is 2.21. The first kappa shape index (κ1) is 15.0. The molecule has 0 amide bonds. The lowest BCUT2D eigenvalue weighted by Gasteiger charge is -2.26. The van der Waals surface area contributed by atoms with E-state index in [9.17, 15) is 0 Å². The zero-order chi connectivity index (χ0) is 13.8. The Kier molecular flexibility index (Phi) is 5.21. The highest BCUT2D eigenvalue weighted by Gasteiger charge is 2.12. The number of hydrogen-bond acceptors (Lipinski definition) is 2. The Bertz CT molecular complexity index is 377. The number of nitrogens with zero attached hydrogens (tertiary/aromatic N) is 1. The first-order valence-electron chi connectivity index (χ1n) is 6.89. The molecule has 1 N–H and O–H groups in total. The van der Waals surface area contributed by atoms with Gasteiger partial charge in [0, 0.05) is 31.4 Å². The lowest BCUT2D eigenvalue weighted by atomic mass is 10.1. The number of anilines is 1. The first-order valence-corrected chi connectivity index (χ1v) is 6.89. The Balaban J connectivity index is 2.89. The summed E-state index contributed by atoms with van der Waals surface area (Å²) in [6.07, 6.45) is 1.18. The molecular weight excluding hydrogens is 220 g/mol. The van der Waals surface area contributed by atoms with E-state index in [4.69, 9.17) is 0 Å². The van der Waals surface area contributed by atoms with Crippen molar-refractivity contribution in [3.05, 3.63) is 29.3 Å². The van der Waals surface area contributed by atoms with Crippen molar-refractivity contribution < 1.29 is 0 Å². The molecular formula is C16H28N2. The molecule has 1 aromatic carbocycles. The minimum absolute atomic E-state index is 0.157. The summed E-state index contributed by atoms with van der Waals surface area (Å²) < 4.78 is 0. The maximum Gasteiger partial charge on any atom is 0.0409 e. The van der Waals surface area contributed by atoms with Crippen molar-refractivity contribution in [1.29, 1.82) is 0 Å². The number of rotatable bonds is 5. The Morgan fingerprint density at radius 3 is 2.44 bits per heavy atom. The van der Waals surface area contributed by atoms with E-state index in [1.165, 1.54) is 23.2 Å². The maximum atomic E-state index is 3.58. The van der Waals surface area contributed by atoms with Crippen molar-refractivity contribution in [3.8, 4) is 0 Å². The Labute approximate surface area is 112 Å². The second-order valence-electron chi connectivity index (χ2n) is 6.16. The van der Waals surface area contributed by atoms with E-state index in [0.717, 1.165) is 13.1 Å². The van der Waals surface area contributed by atoms with Crippen LogP contribution in [-0.4, -0.2) is 19.1 Å². The van der Waals surface area contributed by atoms with Gasteiger partial charge in [0.05, 0.1) is 0 Å². The summed E-state index contributed by atoms with van der Waals surface area (Å²) in [6, 6.07) is 6.73. The second kappa shape index (κ2) is 6.24. The quantitative estimate of drug-likeness (QED) is 0.854. The molecule has 0 aliphatic heterocycles. The molecule has 0 saturated heterocycles. The lowest BCUT2D eigenvalue weighted by Crippen LogP contribution is -2.35. The van der Waals surface area contributed by atoms with Gasteiger partial charge in [0.15, 0.2) is 0 Å². The molecule has 0 unspecified atom stereocenters. The van der Waals surface area contributed by atoms with Crippen molar-refractivity contribution in [1.82, 2.24) is 5.32 Å². The average Bonchev–Trinajstić information content (AvgIpc) is 2.25. The van der Waals surface area contributed by atoms with Crippen molar-refractivity contribution in [2.24, 2.45) is 0 Å². The van der Waals surface area contributed by atoms with E-state index in [0.29, 0.717) is 0 Å². The van der Waals surface area contributed by atoms with Crippen LogP contribution < -0.4 is 10.2 Å². The summed E-state index contributed by atoms with van der Waals surface area (Å²) in [5.74, 6) is 0. The number of benzene rings is 1. The van der Waals surface area contributed by atoms with Crippen LogP contribution in [0.1, 0.15) is 45.2 Å². The van der Waals surface area contributed by atoms with Gasteiger partial charge in [-0.25, -0.2) is 0 Å². The number of nitrogens with one attached hydrogen (secondary N) is 1. The summed E-state index contributed by atoms with van der Waals surface area (Å²) in [6.45, 7) is 13.0. The molecule has 0 bridgehead atoms. The third kappa shape index (κ3) is 4.69. The smallest absolute Gasteiger partial charge is 0.0409 e. The zero-order valence-corrected chi connectivity index (χ0v) is 12.8. The molecule has 0 atom stereocenters. The van der Waals surface area contributed by atoms with Crippen LogP contribution in [0.5, 0.6) is 0 Å². The van der Waals surface area contributed by atoms with E-state index in [2.05, 4.69) is 70.1 Å². The molecule has 0 fully saturated rings. The fourth-order valence-corrected chi connectivity index (χ4v) is 2.04. The monoisotopic (exact) mass is 248 g/mol. The standard InChI is InChI=1S/C16H28N2/c1-7-10-18(6)15-9-8-13(2)11-14(15)12-17-16(3,4)5/h8-9,11,17H,7,10,12H2,1-6H3. The molecule has 0 aromatic heterocycles. The van der Waals surface area contributed by atoms with Crippen LogP contribution in [0.4, 0.5) is 5.69 Å². The molecule has 0 aliphatic carbocycles. The van der Waals surface area contributed by atoms with Crippen LogP contribution in [-0.2, 0) is 6.54 Å². The zero-order valence-electron chi connectivity index (χ0n) is 12.8. The minimum atomic E-state index is 0.157. The van der Waals surface area contributed by atoms with E-state index >= 15 is 0 Å². The van der Waals surface area contributed by atoms with Gasteiger partial charge in [-0.05, 0) is 45.7 Å². The Morgan fingerprint density at radius 1 is 1.22 bits per heavy atom. The summed E-state index contributed by atoms with van der Waals surface area (Å²) in [5, 5.41) is 3.58. The van der Waals surface area contributed by atoms with Crippen molar-refractivity contribution >= 4 is 5.69 Å². The highest BCUT2D eigenvalue weighted by molar-refractivity contribution is 5.54. The van der Waals surface area contributed by atoms with Crippen LogP contribution in [0, 0.1) is 6.92 Å². The van der Waals surface area contributed by atoms with Crippen molar-refractivity contribution in [2.45, 2.75) is 53.1 Å². The molecule has 0 aliphatic rings. The summed E-state index contributed by atoms with van der Waals surface area (Å²) >= 11 is 0. The fraction of sp³-hybridized carbons (Fsp3) is 0.625. The topological polar surface area (TPSA) is 15.3 Å². The number of hydrogen-bond donors (Lipinski definition) is 1. The molecule has 0 heterocycles. The van der Waals surface area contributed by atoms with E-state index in [1.807, 2.05) is 0 Å². The van der Waals surface area contributed by atoms with E-state index < -0.39 is 0 Å². The van der Waals surface area contributed by atoms with Crippen LogP contribution in [0.25, 0.3) is 0 Å². The van der Waals surface area contributed by atoms with Gasteiger partial charge >= 0.3 is 0 Å². The van der Waals surface area contributed by atoms with Gasteiger partial charge in [-0.1, -0.05) is 24.6 Å². The van der Waals surface area contributed by atoms with Crippen molar-refractivity contribution in [2.75, 3.05) is 18.5 Å². The summed E-state index contributed by atoms with van der Waals surface area (Å²) in [4.78, 5) is 2.35. The Morgan fingerprint density at radius 2 is 1.89 bits per heavy atom. The maximum absolute atomic E-state index is 3.58. The van der Waals surface area contributed by atoms with Gasteiger partial charge in [0.25, 0.3) is 0 Å². The molecule has 2 heteroatoms. The van der Waals surface area contributed by atoms with Crippen LogP contribution in [0.15, 0.2) is 18.2 Å². The SMILES string of the molecule is CCCN(C)c1ccc(C)cc1CNC(C)(C)C. The predicted octanol–water partition coefficient (Wildman–Crippen LogP) is 3.73. The largest absolute Gasteiger partial charge is 0.374 e. The van der Waals surface area contributed by atoms with Gasteiger partial charge in [-0.2, -0.15) is 0 Å². The van der Waals surface area contributed by atoms with Gasteiger partial charge in [0.2, 0.25) is 0 Å². The molecule has 18 heavy (non-hydrogen) atoms. The molecule has 0 radical (unpaired) electrons. The lowest BCUT2D eigenvalue weighted by molar-refractivity contribution is 0.424. The normalized spacial score (nSPS) is 11.7. The molecule has 2 nitrogen and oxygen atoms in total. The second-order valence-corrected chi connectivity index (χ2v) is 6.16. The minimum Gasteiger partial charge on any atom is -0.374 e. The third-order valence-corrected chi connectivity index (χ3v) is 3.01. The summed E-state index contributed by atoms with van der Waals surface area (Å²) in [7, 11) is 2.18. The van der Waals surface area contributed by atoms with Crippen LogP contribution in [0.2, 0.25) is 0 Å². The summed E-state index contributed by atoms with van der Waals surface area (Å²) in [5.41, 5.74) is 4.22. The van der Waals surface area contributed by atoms with Crippen LogP contribution >= 0.6 is 0 Å². The fourth-order valence-electron chi connectivity index (χ4n) is 2.04.